The molecule has 1 saturated heterocycles. The van der Waals surface area contributed by atoms with E-state index in [4.69, 9.17) is 66.3 Å². The summed E-state index contributed by atoms with van der Waals surface area (Å²) in [6.07, 6.45) is 13.1. The molecule has 28 heteroatoms. The number of rotatable bonds is 21. The maximum atomic E-state index is 11.6. The highest BCUT2D eigenvalue weighted by Crippen LogP contribution is 2.37. The number of aliphatic hydroxyl groups excluding tert-OH is 7. The van der Waals surface area contributed by atoms with Crippen molar-refractivity contribution in [3.8, 4) is 0 Å². The highest BCUT2D eigenvalue weighted by molar-refractivity contribution is 5.29. The molecule has 8 aliphatic rings. The predicted molar refractivity (Wildman–Crippen MR) is 428 cm³/mol. The third-order valence-electron chi connectivity index (χ3n) is 19.1. The molecule has 7 aromatic carbocycles. The summed E-state index contributed by atoms with van der Waals surface area (Å²) in [5.74, 6) is -0.963. The largest absolute Gasteiger partial charge is 0.450 e. The van der Waals surface area contributed by atoms with Gasteiger partial charge in [-0.05, 0) is 38.9 Å². The van der Waals surface area contributed by atoms with Gasteiger partial charge in [0.05, 0.1) is 89.6 Å². The van der Waals surface area contributed by atoms with Crippen LogP contribution in [-0.2, 0) is 112 Å². The van der Waals surface area contributed by atoms with Gasteiger partial charge >= 0.3 is 41.6 Å². The van der Waals surface area contributed by atoms with Crippen LogP contribution >= 0.6 is 0 Å². The Hall–Kier alpha value is -13.6. The number of aliphatic hydroxyl groups is 7. The van der Waals surface area contributed by atoms with E-state index in [-0.39, 0.29) is 128 Å². The molecule has 15 rings (SSSR count). The molecular formula is C91H91N7O21. The van der Waals surface area contributed by atoms with Gasteiger partial charge < -0.3 is 136 Å². The molecule has 0 aliphatic carbocycles. The minimum absolute atomic E-state index is 0.0279. The zero-order valence-electron chi connectivity index (χ0n) is 64.7. The normalized spacial score (nSPS) is 21.5. The van der Waals surface area contributed by atoms with Gasteiger partial charge in [-0.15, -0.1) is 0 Å². The molecule has 0 saturated carbocycles. The van der Waals surface area contributed by atoms with Crippen molar-refractivity contribution in [3.05, 3.63) is 420 Å². The first kappa shape index (κ1) is 80.6. The summed E-state index contributed by atoms with van der Waals surface area (Å²) in [6, 6.07) is 67.0. The Kier molecular flexibility index (Phi) is 26.7. The fourth-order valence-corrected chi connectivity index (χ4v) is 13.4. The second-order valence-corrected chi connectivity index (χ2v) is 28.2. The van der Waals surface area contributed by atoms with Crippen molar-refractivity contribution in [3.63, 3.8) is 0 Å². The number of nitrogens with zero attached hydrogens (tertiary/aromatic N) is 7. The van der Waals surface area contributed by atoms with E-state index < -0.39 is 89.0 Å². The predicted octanol–water partition coefficient (Wildman–Crippen LogP) is 10.9. The lowest BCUT2D eigenvalue weighted by molar-refractivity contribution is -0.0844. The Morgan fingerprint density at radius 1 is 0.168 bits per heavy atom. The van der Waals surface area contributed by atoms with Crippen LogP contribution in [0.4, 0.5) is 0 Å². The van der Waals surface area contributed by atoms with Gasteiger partial charge in [-0.3, -0.25) is 0 Å². The molecule has 7 aromatic rings. The quantitative estimate of drug-likeness (QED) is 0.0352. The fourth-order valence-electron chi connectivity index (χ4n) is 13.4. The molecular weight excluding hydrogens is 1530 g/mol. The van der Waals surface area contributed by atoms with E-state index >= 15 is 0 Å². The molecule has 1 fully saturated rings. The van der Waals surface area contributed by atoms with Crippen LogP contribution in [0.25, 0.3) is 0 Å². The number of ether oxygens (including phenoxy) is 14. The Bertz CT molecular complexity index is 4150. The number of fused-ring (bicyclic) bond motifs is 14. The summed E-state index contributed by atoms with van der Waals surface area (Å²) in [7, 11) is 0. The van der Waals surface area contributed by atoms with Gasteiger partial charge in [-0.2, -0.15) is 0 Å². The Morgan fingerprint density at radius 3 is 0.395 bits per heavy atom. The van der Waals surface area contributed by atoms with Crippen molar-refractivity contribution in [2.45, 2.75) is 88.5 Å². The summed E-state index contributed by atoms with van der Waals surface area (Å²) >= 11 is 0. The van der Waals surface area contributed by atoms with Gasteiger partial charge in [0.2, 0.25) is 0 Å². The molecule has 7 unspecified atom stereocenters. The molecule has 7 atom stereocenters. The van der Waals surface area contributed by atoms with Crippen molar-refractivity contribution >= 4 is 0 Å². The second-order valence-electron chi connectivity index (χ2n) is 28.2. The number of hydrogen-bond acceptors (Lipinski definition) is 28. The van der Waals surface area contributed by atoms with Gasteiger partial charge in [-0.25, -0.2) is 0 Å². The van der Waals surface area contributed by atoms with Gasteiger partial charge in [0.1, 0.15) is 0 Å². The van der Waals surface area contributed by atoms with Gasteiger partial charge in [0, 0.05) is 89.2 Å². The van der Waals surface area contributed by atoms with E-state index in [1.165, 1.54) is 0 Å². The maximum Gasteiger partial charge on any atom is 0.302 e. The molecule has 8 heterocycles. The topological polar surface area (TPSA) is 294 Å². The lowest BCUT2D eigenvalue weighted by Gasteiger charge is -2.34. The number of hydrogen-bond donors (Lipinski definition) is 7. The first-order valence-corrected chi connectivity index (χ1v) is 38.7. The molecule has 7 N–H and O–H groups in total. The summed E-state index contributed by atoms with van der Waals surface area (Å²) in [4.78, 5) is 12.4. The van der Waals surface area contributed by atoms with Gasteiger partial charge in [0.25, 0.3) is 0 Å². The highest BCUT2D eigenvalue weighted by atomic mass is 16.8. The monoisotopic (exact) mass is 1620 g/mol. The average Bonchev–Trinajstić information content (AvgIpc) is 0.820. The maximum absolute atomic E-state index is 11.6. The SMILES string of the molecule is OCC1OC2=CN(Cc3ccccc3)C=C(O2)C(CO)OC2=CN(Cc3ccccc3)C=C(O2)C(CO)OC2=CN(Cc3ccccc3)C=C(O2)C(CO)OC2=CN(Cc3ccccc3)C=C(O2)C(CO)OC2=CN(Cc3ccccc3)C=C(O2)C(CO)OC2=CN(Cc3ccccc3)C=C(O2)C(CO)OC2=CN(Cc3ccccc3)C=C1O2. The summed E-state index contributed by atoms with van der Waals surface area (Å²) in [6.45, 7) is -3.12. The smallest absolute Gasteiger partial charge is 0.302 e. The van der Waals surface area contributed by atoms with E-state index in [9.17, 15) is 35.7 Å². The standard InChI is InChI=1S/C91H91N7O21/c99-57-78-71-43-92(36-64-22-8-1-9-23-64)50-85(106-71)113-79(58-100)72-44-93(37-65-24-10-2-11-25-65)52-87(107-72)115-81(60-102)74-46-95(39-67-28-14-4-15-29-67)54-89(109-74)117-83(62-104)76-48-97(41-69-32-18-6-19-33-69)56-91(111-76)119-84(63-105)77-49-98(42-70-34-20-7-21-35-70)55-90(112-77)118-82(61-103)75-47-96(40-68-30-16-5-17-31-68)53-88(110-75)116-80(59-101)73-45-94(51-86(108-73)114-78)38-66-26-12-3-13-27-66/h1-35,43-56,78-84,99-105H,36-42,57-63H2. The van der Waals surface area contributed by atoms with Crippen LogP contribution in [-0.4, -0.2) is 159 Å². The van der Waals surface area contributed by atoms with Crippen molar-refractivity contribution in [1.82, 2.24) is 34.3 Å². The van der Waals surface area contributed by atoms with E-state index in [1.807, 2.05) is 212 Å². The van der Waals surface area contributed by atoms with Gasteiger partial charge in [0.15, 0.2) is 83.0 Å². The Labute approximate surface area is 687 Å². The van der Waals surface area contributed by atoms with Crippen LogP contribution in [0.2, 0.25) is 0 Å². The molecule has 28 nitrogen and oxygen atoms in total. The van der Waals surface area contributed by atoms with Crippen molar-refractivity contribution < 1.29 is 102 Å². The van der Waals surface area contributed by atoms with Crippen LogP contribution in [0.15, 0.2) is 381 Å². The van der Waals surface area contributed by atoms with Crippen LogP contribution in [0.3, 0.4) is 0 Å². The minimum atomic E-state index is -1.35. The van der Waals surface area contributed by atoms with E-state index in [1.54, 1.807) is 121 Å². The molecule has 14 bridgehead atoms. The number of benzene rings is 7. The first-order valence-electron chi connectivity index (χ1n) is 38.7. The Morgan fingerprint density at radius 2 is 0.286 bits per heavy atom. The third kappa shape index (κ3) is 21.7. The highest BCUT2D eigenvalue weighted by Gasteiger charge is 2.38. The fraction of sp³-hybridized carbons (Fsp3) is 0.231. The summed E-state index contributed by atoms with van der Waals surface area (Å²) in [5.41, 5.74) is 6.15. The third-order valence-corrected chi connectivity index (χ3v) is 19.1. The van der Waals surface area contributed by atoms with E-state index in [0.29, 0.717) is 0 Å². The summed E-state index contributed by atoms with van der Waals surface area (Å²) in [5, 5.41) is 80.9. The first-order chi connectivity index (χ1) is 58.4. The zero-order valence-corrected chi connectivity index (χ0v) is 64.7. The van der Waals surface area contributed by atoms with Crippen LogP contribution < -0.4 is 0 Å². The lowest BCUT2D eigenvalue weighted by atomic mass is 10.2. The minimum Gasteiger partial charge on any atom is -0.450 e. The van der Waals surface area contributed by atoms with Crippen LogP contribution in [0.1, 0.15) is 38.9 Å². The van der Waals surface area contributed by atoms with Gasteiger partial charge in [-0.1, -0.05) is 212 Å². The second kappa shape index (κ2) is 39.4. The zero-order chi connectivity index (χ0) is 81.7. The van der Waals surface area contributed by atoms with Crippen LogP contribution in [0, 0.1) is 0 Å². The van der Waals surface area contributed by atoms with Crippen molar-refractivity contribution in [1.29, 1.82) is 0 Å². The van der Waals surface area contributed by atoms with Crippen LogP contribution in [0.5, 0.6) is 0 Å². The molecule has 616 valence electrons. The molecule has 0 spiro atoms. The molecule has 0 aromatic heterocycles. The molecule has 119 heavy (non-hydrogen) atoms. The van der Waals surface area contributed by atoms with Crippen molar-refractivity contribution in [2.24, 2.45) is 0 Å². The summed E-state index contributed by atoms with van der Waals surface area (Å²) < 4.78 is 92.9. The van der Waals surface area contributed by atoms with E-state index in [0.717, 1.165) is 38.9 Å². The molecule has 8 aliphatic heterocycles. The molecule has 0 radical (unpaired) electrons. The molecule has 0 amide bonds. The Balaban J connectivity index is 0.810. The van der Waals surface area contributed by atoms with Crippen molar-refractivity contribution in [2.75, 3.05) is 46.2 Å². The van der Waals surface area contributed by atoms with E-state index in [2.05, 4.69) is 0 Å². The average molecular weight is 1620 g/mol. The lowest BCUT2D eigenvalue weighted by Crippen LogP contribution is -2.34.